The van der Waals surface area contributed by atoms with Gasteiger partial charge in [-0.1, -0.05) is 13.3 Å². The molecule has 18 heavy (non-hydrogen) atoms. The van der Waals surface area contributed by atoms with Crippen molar-refractivity contribution in [1.29, 1.82) is 0 Å². The fourth-order valence-corrected chi connectivity index (χ4v) is 2.94. The van der Waals surface area contributed by atoms with Crippen molar-refractivity contribution in [2.45, 2.75) is 38.6 Å². The molecule has 5 nitrogen and oxygen atoms in total. The summed E-state index contributed by atoms with van der Waals surface area (Å²) in [7, 11) is 0. The molecule has 2 aliphatic heterocycles. The third kappa shape index (κ3) is 2.83. The molecular formula is C13H22N2O3. The number of carboxylic acid groups (broad SMARTS) is 1. The van der Waals surface area contributed by atoms with Gasteiger partial charge in [0.25, 0.3) is 0 Å². The monoisotopic (exact) mass is 254 g/mol. The van der Waals surface area contributed by atoms with Crippen molar-refractivity contribution < 1.29 is 14.7 Å². The Morgan fingerprint density at radius 3 is 2.78 bits per heavy atom. The molecule has 2 rings (SSSR count). The van der Waals surface area contributed by atoms with Gasteiger partial charge in [0, 0.05) is 13.1 Å². The standard InChI is InChI=1S/C13H22N2O3/c1-2-9-3-5-14-11(7-9)12(16)15-6-4-10(8-15)13(17)18/h9-11,14H,2-8H2,1H3,(H,17,18). The van der Waals surface area contributed by atoms with Gasteiger partial charge in [-0.15, -0.1) is 0 Å². The first-order valence-corrected chi connectivity index (χ1v) is 6.86. The zero-order chi connectivity index (χ0) is 13.1. The molecule has 2 aliphatic rings. The summed E-state index contributed by atoms with van der Waals surface area (Å²) in [6, 6.07) is -0.101. The summed E-state index contributed by atoms with van der Waals surface area (Å²) < 4.78 is 0. The van der Waals surface area contributed by atoms with E-state index in [1.54, 1.807) is 4.90 Å². The number of carbonyl (C=O) groups excluding carboxylic acids is 1. The van der Waals surface area contributed by atoms with E-state index in [1.807, 2.05) is 0 Å². The first-order valence-electron chi connectivity index (χ1n) is 6.86. The summed E-state index contributed by atoms with van der Waals surface area (Å²) in [5, 5.41) is 12.2. The number of aliphatic carboxylic acids is 1. The Morgan fingerprint density at radius 1 is 1.39 bits per heavy atom. The molecule has 1 amide bonds. The highest BCUT2D eigenvalue weighted by atomic mass is 16.4. The number of nitrogens with one attached hydrogen (secondary N) is 1. The normalized spacial score (nSPS) is 32.5. The van der Waals surface area contributed by atoms with E-state index in [9.17, 15) is 9.59 Å². The van der Waals surface area contributed by atoms with Gasteiger partial charge >= 0.3 is 5.97 Å². The second kappa shape index (κ2) is 5.69. The van der Waals surface area contributed by atoms with Gasteiger partial charge in [-0.05, 0) is 31.7 Å². The van der Waals surface area contributed by atoms with Crippen LogP contribution in [0.1, 0.15) is 32.6 Å². The summed E-state index contributed by atoms with van der Waals surface area (Å²) in [6.07, 6.45) is 3.73. The Hall–Kier alpha value is -1.10. The minimum atomic E-state index is -0.784. The highest BCUT2D eigenvalue weighted by molar-refractivity contribution is 5.83. The molecule has 102 valence electrons. The number of carbonyl (C=O) groups is 2. The predicted molar refractivity (Wildman–Crippen MR) is 67.1 cm³/mol. The summed E-state index contributed by atoms with van der Waals surface area (Å²) in [4.78, 5) is 24.9. The third-order valence-corrected chi connectivity index (χ3v) is 4.24. The molecule has 0 aliphatic carbocycles. The van der Waals surface area contributed by atoms with Crippen molar-refractivity contribution in [2.24, 2.45) is 11.8 Å². The quantitative estimate of drug-likeness (QED) is 0.778. The molecule has 0 spiro atoms. The lowest BCUT2D eigenvalue weighted by Gasteiger charge is -2.31. The SMILES string of the molecule is CCC1CCNC(C(=O)N2CCC(C(=O)O)C2)C1. The van der Waals surface area contributed by atoms with Crippen LogP contribution >= 0.6 is 0 Å². The van der Waals surface area contributed by atoms with E-state index in [0.29, 0.717) is 25.4 Å². The molecule has 2 heterocycles. The highest BCUT2D eigenvalue weighted by Gasteiger charge is 2.35. The molecule has 0 aromatic heterocycles. The third-order valence-electron chi connectivity index (χ3n) is 4.24. The number of carboxylic acids is 1. The van der Waals surface area contributed by atoms with Crippen molar-refractivity contribution in [2.75, 3.05) is 19.6 Å². The second-order valence-corrected chi connectivity index (χ2v) is 5.41. The largest absolute Gasteiger partial charge is 0.481 e. The zero-order valence-corrected chi connectivity index (χ0v) is 10.9. The molecule has 0 aromatic rings. The Morgan fingerprint density at radius 2 is 2.17 bits per heavy atom. The van der Waals surface area contributed by atoms with Gasteiger partial charge < -0.3 is 15.3 Å². The number of piperidine rings is 1. The van der Waals surface area contributed by atoms with Crippen LogP contribution in [0.2, 0.25) is 0 Å². The minimum Gasteiger partial charge on any atom is -0.481 e. The molecule has 2 N–H and O–H groups in total. The fourth-order valence-electron chi connectivity index (χ4n) is 2.94. The van der Waals surface area contributed by atoms with Gasteiger partial charge in [0.1, 0.15) is 0 Å². The van der Waals surface area contributed by atoms with Crippen molar-refractivity contribution in [1.82, 2.24) is 10.2 Å². The van der Waals surface area contributed by atoms with Crippen LogP contribution in [-0.2, 0) is 9.59 Å². The van der Waals surface area contributed by atoms with Gasteiger partial charge in [-0.2, -0.15) is 0 Å². The maximum Gasteiger partial charge on any atom is 0.308 e. The summed E-state index contributed by atoms with van der Waals surface area (Å²) >= 11 is 0. The zero-order valence-electron chi connectivity index (χ0n) is 10.9. The lowest BCUT2D eigenvalue weighted by atomic mass is 9.90. The van der Waals surface area contributed by atoms with E-state index in [2.05, 4.69) is 12.2 Å². The lowest BCUT2D eigenvalue weighted by Crippen LogP contribution is -2.49. The van der Waals surface area contributed by atoms with Gasteiger partial charge in [0.05, 0.1) is 12.0 Å². The van der Waals surface area contributed by atoms with Gasteiger partial charge in [-0.3, -0.25) is 9.59 Å². The Kier molecular flexibility index (Phi) is 4.22. The lowest BCUT2D eigenvalue weighted by molar-refractivity contribution is -0.141. The van der Waals surface area contributed by atoms with E-state index in [0.717, 1.165) is 25.8 Å². The van der Waals surface area contributed by atoms with Crippen LogP contribution in [0.25, 0.3) is 0 Å². The molecular weight excluding hydrogens is 232 g/mol. The maximum absolute atomic E-state index is 12.3. The maximum atomic E-state index is 12.3. The molecule has 2 saturated heterocycles. The van der Waals surface area contributed by atoms with Crippen molar-refractivity contribution in [3.05, 3.63) is 0 Å². The Labute approximate surface area is 108 Å². The van der Waals surface area contributed by atoms with E-state index in [1.165, 1.54) is 0 Å². The topological polar surface area (TPSA) is 69.6 Å². The summed E-state index contributed by atoms with van der Waals surface area (Å²) in [6.45, 7) is 4.02. The molecule has 3 atom stereocenters. The number of hydrogen-bond donors (Lipinski definition) is 2. The average molecular weight is 254 g/mol. The average Bonchev–Trinajstić information content (AvgIpc) is 2.87. The first kappa shape index (κ1) is 13.3. The molecule has 0 bridgehead atoms. The number of hydrogen-bond acceptors (Lipinski definition) is 3. The number of nitrogens with zero attached hydrogens (tertiary/aromatic N) is 1. The molecule has 0 aromatic carbocycles. The Bertz CT molecular complexity index is 332. The highest BCUT2D eigenvalue weighted by Crippen LogP contribution is 2.23. The fraction of sp³-hybridized carbons (Fsp3) is 0.846. The van der Waals surface area contributed by atoms with Crippen LogP contribution in [0.5, 0.6) is 0 Å². The van der Waals surface area contributed by atoms with Crippen LogP contribution < -0.4 is 5.32 Å². The number of amides is 1. The van der Waals surface area contributed by atoms with Crippen molar-refractivity contribution in [3.8, 4) is 0 Å². The second-order valence-electron chi connectivity index (χ2n) is 5.41. The van der Waals surface area contributed by atoms with E-state index < -0.39 is 5.97 Å². The number of rotatable bonds is 3. The smallest absolute Gasteiger partial charge is 0.308 e. The van der Waals surface area contributed by atoms with E-state index >= 15 is 0 Å². The van der Waals surface area contributed by atoms with Crippen LogP contribution in [0.15, 0.2) is 0 Å². The summed E-state index contributed by atoms with van der Waals surface area (Å²) in [5.41, 5.74) is 0. The molecule has 3 unspecified atom stereocenters. The summed E-state index contributed by atoms with van der Waals surface area (Å²) in [5.74, 6) is -0.442. The predicted octanol–water partition coefficient (Wildman–Crippen LogP) is 0.698. The van der Waals surface area contributed by atoms with Gasteiger partial charge in [0.15, 0.2) is 0 Å². The van der Waals surface area contributed by atoms with Crippen molar-refractivity contribution >= 4 is 11.9 Å². The van der Waals surface area contributed by atoms with Crippen LogP contribution in [-0.4, -0.2) is 47.6 Å². The Balaban J connectivity index is 1.89. The molecule has 2 fully saturated rings. The van der Waals surface area contributed by atoms with Gasteiger partial charge in [-0.25, -0.2) is 0 Å². The minimum absolute atomic E-state index is 0.0944. The molecule has 0 radical (unpaired) electrons. The molecule has 5 heteroatoms. The first-order chi connectivity index (χ1) is 8.61. The van der Waals surface area contributed by atoms with Crippen LogP contribution in [0.4, 0.5) is 0 Å². The van der Waals surface area contributed by atoms with E-state index in [4.69, 9.17) is 5.11 Å². The van der Waals surface area contributed by atoms with Crippen LogP contribution in [0.3, 0.4) is 0 Å². The number of likely N-dealkylation sites (tertiary alicyclic amines) is 1. The molecule has 0 saturated carbocycles. The van der Waals surface area contributed by atoms with Gasteiger partial charge in [0.2, 0.25) is 5.91 Å². The van der Waals surface area contributed by atoms with Crippen molar-refractivity contribution in [3.63, 3.8) is 0 Å². The van der Waals surface area contributed by atoms with E-state index in [-0.39, 0.29) is 17.9 Å². The van der Waals surface area contributed by atoms with Crippen LogP contribution in [0, 0.1) is 11.8 Å².